The van der Waals surface area contributed by atoms with Crippen LogP contribution in [0.15, 0.2) is 41.5 Å². The van der Waals surface area contributed by atoms with Gasteiger partial charge in [-0.1, -0.05) is 24.3 Å². The Kier molecular flexibility index (Phi) is 5.87. The van der Waals surface area contributed by atoms with Crippen LogP contribution in [-0.2, 0) is 16.1 Å². The molecule has 2 aromatic carbocycles. The second kappa shape index (κ2) is 8.66. The van der Waals surface area contributed by atoms with E-state index in [9.17, 15) is 14.4 Å². The van der Waals surface area contributed by atoms with E-state index in [-0.39, 0.29) is 17.9 Å². The molecule has 0 unspecified atom stereocenters. The number of nitrogens with one attached hydrogen (secondary N) is 3. The Morgan fingerprint density at radius 1 is 1.15 bits per heavy atom. The van der Waals surface area contributed by atoms with Crippen molar-refractivity contribution in [1.82, 2.24) is 15.3 Å². The first-order valence-corrected chi connectivity index (χ1v) is 10.9. The highest BCUT2D eigenvalue weighted by Crippen LogP contribution is 2.34. The van der Waals surface area contributed by atoms with Gasteiger partial charge in [0.15, 0.2) is 0 Å². The van der Waals surface area contributed by atoms with Gasteiger partial charge in [-0.25, -0.2) is 10.2 Å². The van der Waals surface area contributed by atoms with Crippen molar-refractivity contribution in [3.05, 3.63) is 53.1 Å². The van der Waals surface area contributed by atoms with Crippen LogP contribution in [0.25, 0.3) is 22.2 Å². The van der Waals surface area contributed by atoms with Crippen molar-refractivity contribution in [2.45, 2.75) is 39.8 Å². The Morgan fingerprint density at radius 2 is 1.85 bits per heavy atom. The SMILES string of the molecule is CC(=O)Nc1cc2c3c(c(-c4ccc(CN(C)C(=O)OC(C)(C)C)cc4)[nH]c3c1)C=NNC2=O. The minimum atomic E-state index is -0.554. The highest BCUT2D eigenvalue weighted by atomic mass is 16.6. The van der Waals surface area contributed by atoms with E-state index in [1.807, 2.05) is 45.0 Å². The van der Waals surface area contributed by atoms with Crippen LogP contribution in [0.2, 0.25) is 0 Å². The number of benzene rings is 2. The third-order valence-corrected chi connectivity index (χ3v) is 5.23. The van der Waals surface area contributed by atoms with Gasteiger partial charge in [-0.3, -0.25) is 9.59 Å². The molecule has 0 fully saturated rings. The molecule has 1 aliphatic heterocycles. The third-order valence-electron chi connectivity index (χ3n) is 5.23. The fraction of sp³-hybridized carbons (Fsp3) is 0.280. The number of aromatic nitrogens is 1. The normalized spacial score (nSPS) is 12.8. The maximum absolute atomic E-state index is 12.6. The zero-order valence-corrected chi connectivity index (χ0v) is 19.8. The summed E-state index contributed by atoms with van der Waals surface area (Å²) in [5.74, 6) is -0.575. The lowest BCUT2D eigenvalue weighted by atomic mass is 10.0. The standard InChI is InChI=1S/C25H27N5O4/c1-14(31)27-17-10-18-21-19(12-26-29-23(18)32)22(28-20(21)11-17)16-8-6-15(7-9-16)13-30(5)24(33)34-25(2,3)4/h6-12,28H,13H2,1-5H3,(H,27,31)(H,29,32). The van der Waals surface area contributed by atoms with Crippen LogP contribution in [-0.4, -0.2) is 46.7 Å². The van der Waals surface area contributed by atoms with E-state index in [0.717, 1.165) is 27.8 Å². The lowest BCUT2D eigenvalue weighted by molar-refractivity contribution is -0.114. The zero-order chi connectivity index (χ0) is 24.6. The molecule has 0 bridgehead atoms. The lowest BCUT2D eigenvalue weighted by Gasteiger charge is -2.24. The second-order valence-electron chi connectivity index (χ2n) is 9.27. The minimum absolute atomic E-state index is 0.226. The highest BCUT2D eigenvalue weighted by Gasteiger charge is 2.23. The van der Waals surface area contributed by atoms with E-state index in [1.165, 1.54) is 11.8 Å². The van der Waals surface area contributed by atoms with E-state index >= 15 is 0 Å². The van der Waals surface area contributed by atoms with Gasteiger partial charge in [0.25, 0.3) is 5.91 Å². The average Bonchev–Trinajstić information content (AvgIpc) is 3.01. The molecular formula is C25H27N5O4. The molecule has 3 amide bonds. The monoisotopic (exact) mass is 461 g/mol. The Hall–Kier alpha value is -4.14. The van der Waals surface area contributed by atoms with Gasteiger partial charge >= 0.3 is 6.09 Å². The van der Waals surface area contributed by atoms with Crippen LogP contribution in [0, 0.1) is 0 Å². The highest BCUT2D eigenvalue weighted by molar-refractivity contribution is 6.18. The number of hydrogen-bond acceptors (Lipinski definition) is 5. The van der Waals surface area contributed by atoms with Gasteiger partial charge in [-0.15, -0.1) is 0 Å². The quantitative estimate of drug-likeness (QED) is 0.539. The van der Waals surface area contributed by atoms with Crippen molar-refractivity contribution in [1.29, 1.82) is 0 Å². The number of H-pyrrole nitrogens is 1. The molecule has 176 valence electrons. The van der Waals surface area contributed by atoms with Crippen molar-refractivity contribution in [2.75, 3.05) is 12.4 Å². The molecule has 0 atom stereocenters. The van der Waals surface area contributed by atoms with Gasteiger partial charge < -0.3 is 19.9 Å². The summed E-state index contributed by atoms with van der Waals surface area (Å²) in [4.78, 5) is 41.3. The molecule has 0 spiro atoms. The number of carbonyl (C=O) groups is 3. The molecule has 9 nitrogen and oxygen atoms in total. The number of ether oxygens (including phenoxy) is 1. The largest absolute Gasteiger partial charge is 0.444 e. The number of anilines is 1. The molecule has 0 saturated heterocycles. The lowest BCUT2D eigenvalue weighted by Crippen LogP contribution is -2.33. The number of hydrazone groups is 1. The number of carbonyl (C=O) groups excluding carboxylic acids is 3. The van der Waals surface area contributed by atoms with Gasteiger partial charge in [0.2, 0.25) is 5.91 Å². The molecule has 0 aliphatic carbocycles. The van der Waals surface area contributed by atoms with Crippen LogP contribution in [0.1, 0.15) is 49.2 Å². The van der Waals surface area contributed by atoms with E-state index < -0.39 is 5.60 Å². The van der Waals surface area contributed by atoms with Crippen LogP contribution >= 0.6 is 0 Å². The van der Waals surface area contributed by atoms with Gasteiger partial charge in [-0.2, -0.15) is 5.10 Å². The smallest absolute Gasteiger partial charge is 0.410 e. The van der Waals surface area contributed by atoms with Crippen molar-refractivity contribution in [3.8, 4) is 11.3 Å². The van der Waals surface area contributed by atoms with Gasteiger partial charge in [0.05, 0.1) is 17.5 Å². The van der Waals surface area contributed by atoms with E-state index in [1.54, 1.807) is 25.4 Å². The summed E-state index contributed by atoms with van der Waals surface area (Å²) < 4.78 is 5.41. The molecule has 3 N–H and O–H groups in total. The number of hydrogen-bond donors (Lipinski definition) is 3. The predicted molar refractivity (Wildman–Crippen MR) is 131 cm³/mol. The second-order valence-corrected chi connectivity index (χ2v) is 9.27. The first kappa shape index (κ1) is 23.0. The van der Waals surface area contributed by atoms with Crippen LogP contribution in [0.5, 0.6) is 0 Å². The summed E-state index contributed by atoms with van der Waals surface area (Å²) in [5, 5.41) is 7.52. The summed E-state index contributed by atoms with van der Waals surface area (Å²) in [6.07, 6.45) is 1.23. The molecule has 0 saturated carbocycles. The molecular weight excluding hydrogens is 434 g/mol. The van der Waals surface area contributed by atoms with Crippen LogP contribution in [0.3, 0.4) is 0 Å². The fourth-order valence-corrected chi connectivity index (χ4v) is 3.84. The maximum Gasteiger partial charge on any atom is 0.410 e. The number of nitrogens with zero attached hydrogens (tertiary/aromatic N) is 2. The minimum Gasteiger partial charge on any atom is -0.444 e. The van der Waals surface area contributed by atoms with Gasteiger partial charge in [0, 0.05) is 42.7 Å². The molecule has 4 rings (SSSR count). The summed E-state index contributed by atoms with van der Waals surface area (Å²) in [7, 11) is 1.70. The Labute approximate surface area is 197 Å². The molecule has 1 aromatic heterocycles. The fourth-order valence-electron chi connectivity index (χ4n) is 3.84. The molecule has 3 aromatic rings. The average molecular weight is 462 g/mol. The van der Waals surface area contributed by atoms with E-state index in [4.69, 9.17) is 4.74 Å². The van der Waals surface area contributed by atoms with Crippen molar-refractivity contribution >= 4 is 40.7 Å². The van der Waals surface area contributed by atoms with Gasteiger partial charge in [-0.05, 0) is 44.0 Å². The molecule has 2 heterocycles. The number of amides is 3. The van der Waals surface area contributed by atoms with E-state index in [2.05, 4.69) is 20.8 Å². The molecule has 1 aliphatic rings. The summed E-state index contributed by atoms with van der Waals surface area (Å²) in [6.45, 7) is 7.32. The summed E-state index contributed by atoms with van der Waals surface area (Å²) in [5.41, 5.74) is 7.01. The van der Waals surface area contributed by atoms with Crippen molar-refractivity contribution in [3.63, 3.8) is 0 Å². The van der Waals surface area contributed by atoms with Crippen LogP contribution < -0.4 is 10.7 Å². The van der Waals surface area contributed by atoms with Crippen LogP contribution in [0.4, 0.5) is 10.5 Å². The number of aromatic amines is 1. The molecule has 34 heavy (non-hydrogen) atoms. The Balaban J connectivity index is 1.67. The third kappa shape index (κ3) is 4.78. The topological polar surface area (TPSA) is 116 Å². The molecule has 0 radical (unpaired) electrons. The first-order valence-electron chi connectivity index (χ1n) is 10.9. The Morgan fingerprint density at radius 3 is 2.50 bits per heavy atom. The molecule has 9 heteroatoms. The first-order chi connectivity index (χ1) is 16.0. The summed E-state index contributed by atoms with van der Waals surface area (Å²) in [6, 6.07) is 11.2. The zero-order valence-electron chi connectivity index (χ0n) is 19.8. The van der Waals surface area contributed by atoms with Crippen molar-refractivity contribution in [2.24, 2.45) is 5.10 Å². The maximum atomic E-state index is 12.6. The van der Waals surface area contributed by atoms with Crippen molar-refractivity contribution < 1.29 is 19.1 Å². The number of rotatable bonds is 4. The predicted octanol–water partition coefficient (Wildman–Crippen LogP) is 4.24. The Bertz CT molecular complexity index is 1320. The van der Waals surface area contributed by atoms with E-state index in [0.29, 0.717) is 23.3 Å². The summed E-state index contributed by atoms with van der Waals surface area (Å²) >= 11 is 0. The van der Waals surface area contributed by atoms with Gasteiger partial charge in [0.1, 0.15) is 5.60 Å².